The highest BCUT2D eigenvalue weighted by Crippen LogP contribution is 2.16. The Hall–Kier alpha value is -1.01. The Morgan fingerprint density at radius 1 is 1.50 bits per heavy atom. The Labute approximate surface area is 119 Å². The molecule has 0 aromatic heterocycles. The second-order valence-corrected chi connectivity index (χ2v) is 5.61. The molecule has 6 heteroatoms. The molecule has 3 nitrogen and oxygen atoms in total. The topological polar surface area (TPSA) is 55.1 Å². The smallest absolute Gasteiger partial charge is 0.254 e. The van der Waals surface area contributed by atoms with Crippen molar-refractivity contribution < 1.29 is 9.18 Å². The lowest BCUT2D eigenvalue weighted by molar-refractivity contribution is 0.0935. The van der Waals surface area contributed by atoms with Gasteiger partial charge in [0.15, 0.2) is 0 Å². The number of nitrogens with one attached hydrogen (secondary N) is 1. The third-order valence-electron chi connectivity index (χ3n) is 2.43. The van der Waals surface area contributed by atoms with Crippen molar-refractivity contribution in [3.8, 4) is 0 Å². The summed E-state index contributed by atoms with van der Waals surface area (Å²) in [6.07, 6.45) is 0. The van der Waals surface area contributed by atoms with Crippen LogP contribution in [-0.4, -0.2) is 16.9 Å². The molecule has 0 aliphatic rings. The van der Waals surface area contributed by atoms with Gasteiger partial charge in [0.2, 0.25) is 0 Å². The summed E-state index contributed by atoms with van der Waals surface area (Å²) in [5, 5.41) is 2.63. The van der Waals surface area contributed by atoms with Gasteiger partial charge < -0.3 is 11.1 Å². The molecule has 98 valence electrons. The fourth-order valence-corrected chi connectivity index (χ4v) is 2.15. The fourth-order valence-electron chi connectivity index (χ4n) is 1.46. The molecule has 1 aromatic carbocycles. The molecule has 0 aliphatic heterocycles. The van der Waals surface area contributed by atoms with Gasteiger partial charge in [-0.25, -0.2) is 4.39 Å². The standard InChI is InChI=1S/C12H14BrFN2OS/c1-6(2)10(11(15)18)16-12(17)8-5-7(13)3-4-9(8)14/h3-6,10H,1-2H3,(H2,15,18)(H,16,17). The summed E-state index contributed by atoms with van der Waals surface area (Å²) in [7, 11) is 0. The Morgan fingerprint density at radius 3 is 2.61 bits per heavy atom. The summed E-state index contributed by atoms with van der Waals surface area (Å²) < 4.78 is 14.2. The van der Waals surface area contributed by atoms with E-state index in [-0.39, 0.29) is 16.5 Å². The highest BCUT2D eigenvalue weighted by molar-refractivity contribution is 9.10. The lowest BCUT2D eigenvalue weighted by atomic mass is 10.0. The first-order valence-corrected chi connectivity index (χ1v) is 6.58. The molecule has 3 N–H and O–H groups in total. The average Bonchev–Trinajstić information content (AvgIpc) is 2.28. The molecule has 0 radical (unpaired) electrons. The molecule has 1 rings (SSSR count). The van der Waals surface area contributed by atoms with E-state index < -0.39 is 17.8 Å². The largest absolute Gasteiger partial charge is 0.392 e. The van der Waals surface area contributed by atoms with Crippen LogP contribution in [0.5, 0.6) is 0 Å². The molecule has 0 fully saturated rings. The minimum Gasteiger partial charge on any atom is -0.392 e. The highest BCUT2D eigenvalue weighted by atomic mass is 79.9. The SMILES string of the molecule is CC(C)C(NC(=O)c1cc(Br)ccc1F)C(N)=S. The Balaban J connectivity index is 2.94. The predicted molar refractivity (Wildman–Crippen MR) is 77.0 cm³/mol. The number of benzene rings is 1. The fraction of sp³-hybridized carbons (Fsp3) is 0.333. The minimum absolute atomic E-state index is 0.0359. The Bertz CT molecular complexity index is 479. The number of carbonyl (C=O) groups excluding carboxylic acids is 1. The van der Waals surface area contributed by atoms with Crippen molar-refractivity contribution >= 4 is 39.0 Å². The molecule has 0 bridgehead atoms. The number of amides is 1. The van der Waals surface area contributed by atoms with Crippen molar-refractivity contribution in [2.24, 2.45) is 11.7 Å². The van der Waals surface area contributed by atoms with Crippen LogP contribution in [-0.2, 0) is 0 Å². The van der Waals surface area contributed by atoms with Crippen LogP contribution in [0.4, 0.5) is 4.39 Å². The van der Waals surface area contributed by atoms with Gasteiger partial charge in [-0.05, 0) is 24.1 Å². The van der Waals surface area contributed by atoms with Crippen LogP contribution in [0.15, 0.2) is 22.7 Å². The van der Waals surface area contributed by atoms with E-state index in [4.69, 9.17) is 18.0 Å². The van der Waals surface area contributed by atoms with Crippen LogP contribution >= 0.6 is 28.1 Å². The van der Waals surface area contributed by atoms with E-state index in [1.165, 1.54) is 18.2 Å². The van der Waals surface area contributed by atoms with Crippen molar-refractivity contribution in [3.05, 3.63) is 34.1 Å². The summed E-state index contributed by atoms with van der Waals surface area (Å²) in [4.78, 5) is 12.1. The van der Waals surface area contributed by atoms with E-state index in [1.807, 2.05) is 13.8 Å². The zero-order valence-electron chi connectivity index (χ0n) is 10.0. The molecule has 0 heterocycles. The molecule has 1 unspecified atom stereocenters. The minimum atomic E-state index is -0.582. The molecule has 18 heavy (non-hydrogen) atoms. The third-order valence-corrected chi connectivity index (χ3v) is 3.18. The van der Waals surface area contributed by atoms with Crippen LogP contribution in [0.25, 0.3) is 0 Å². The summed E-state index contributed by atoms with van der Waals surface area (Å²) in [5.41, 5.74) is 5.51. The van der Waals surface area contributed by atoms with E-state index in [0.717, 1.165) is 0 Å². The lowest BCUT2D eigenvalue weighted by Crippen LogP contribution is -2.47. The zero-order valence-corrected chi connectivity index (χ0v) is 12.4. The summed E-state index contributed by atoms with van der Waals surface area (Å²) in [6, 6.07) is 3.72. The molecular weight excluding hydrogens is 319 g/mol. The zero-order chi connectivity index (χ0) is 13.9. The number of thiocarbonyl (C=S) groups is 1. The third kappa shape index (κ3) is 3.74. The van der Waals surface area contributed by atoms with Crippen molar-refractivity contribution in [3.63, 3.8) is 0 Å². The lowest BCUT2D eigenvalue weighted by Gasteiger charge is -2.21. The Morgan fingerprint density at radius 2 is 2.11 bits per heavy atom. The number of rotatable bonds is 4. The van der Waals surface area contributed by atoms with Crippen LogP contribution in [0.2, 0.25) is 0 Å². The second kappa shape index (κ2) is 6.24. The number of nitrogens with two attached hydrogens (primary N) is 1. The average molecular weight is 333 g/mol. The Kier molecular flexibility index (Phi) is 5.22. The number of hydrogen-bond acceptors (Lipinski definition) is 2. The van der Waals surface area contributed by atoms with E-state index in [2.05, 4.69) is 21.2 Å². The predicted octanol–water partition coefficient (Wildman–Crippen LogP) is 2.63. The van der Waals surface area contributed by atoms with Crippen LogP contribution < -0.4 is 11.1 Å². The van der Waals surface area contributed by atoms with Crippen molar-refractivity contribution in [1.29, 1.82) is 0 Å². The van der Waals surface area contributed by atoms with E-state index >= 15 is 0 Å². The first kappa shape index (κ1) is 15.0. The van der Waals surface area contributed by atoms with Gasteiger partial charge in [0, 0.05) is 4.47 Å². The van der Waals surface area contributed by atoms with E-state index in [9.17, 15) is 9.18 Å². The first-order valence-electron chi connectivity index (χ1n) is 5.38. The van der Waals surface area contributed by atoms with Crippen molar-refractivity contribution in [2.45, 2.75) is 19.9 Å². The molecule has 0 aliphatic carbocycles. The first-order chi connectivity index (χ1) is 8.32. The second-order valence-electron chi connectivity index (χ2n) is 4.22. The maximum atomic E-state index is 13.5. The molecular formula is C12H14BrFN2OS. The van der Waals surface area contributed by atoms with Crippen molar-refractivity contribution in [1.82, 2.24) is 5.32 Å². The van der Waals surface area contributed by atoms with Gasteiger partial charge in [0.05, 0.1) is 16.6 Å². The van der Waals surface area contributed by atoms with Gasteiger partial charge in [-0.1, -0.05) is 42.0 Å². The molecule has 1 amide bonds. The van der Waals surface area contributed by atoms with E-state index in [0.29, 0.717) is 4.47 Å². The number of carbonyl (C=O) groups is 1. The number of halogens is 2. The van der Waals surface area contributed by atoms with E-state index in [1.54, 1.807) is 0 Å². The summed E-state index contributed by atoms with van der Waals surface area (Å²) in [5.74, 6) is -1.07. The van der Waals surface area contributed by atoms with Crippen LogP contribution in [0, 0.1) is 11.7 Å². The molecule has 0 saturated heterocycles. The van der Waals surface area contributed by atoms with Gasteiger partial charge >= 0.3 is 0 Å². The molecule has 0 saturated carbocycles. The van der Waals surface area contributed by atoms with Gasteiger partial charge in [0.1, 0.15) is 5.82 Å². The normalized spacial score (nSPS) is 12.3. The number of hydrogen-bond donors (Lipinski definition) is 2. The van der Waals surface area contributed by atoms with Gasteiger partial charge in [-0.3, -0.25) is 4.79 Å². The summed E-state index contributed by atoms with van der Waals surface area (Å²) >= 11 is 8.07. The van der Waals surface area contributed by atoms with Gasteiger partial charge in [0.25, 0.3) is 5.91 Å². The molecule has 1 aromatic rings. The maximum Gasteiger partial charge on any atom is 0.254 e. The summed E-state index contributed by atoms with van der Waals surface area (Å²) in [6.45, 7) is 3.75. The van der Waals surface area contributed by atoms with Crippen LogP contribution in [0.1, 0.15) is 24.2 Å². The monoisotopic (exact) mass is 332 g/mol. The molecule has 0 spiro atoms. The van der Waals surface area contributed by atoms with Crippen LogP contribution in [0.3, 0.4) is 0 Å². The maximum absolute atomic E-state index is 13.5. The quantitative estimate of drug-likeness (QED) is 0.833. The highest BCUT2D eigenvalue weighted by Gasteiger charge is 2.21. The molecule has 1 atom stereocenters. The van der Waals surface area contributed by atoms with Gasteiger partial charge in [-0.15, -0.1) is 0 Å². The van der Waals surface area contributed by atoms with Gasteiger partial charge in [-0.2, -0.15) is 0 Å². The van der Waals surface area contributed by atoms with Crippen molar-refractivity contribution in [2.75, 3.05) is 0 Å².